The van der Waals surface area contributed by atoms with E-state index in [0.717, 1.165) is 60.9 Å². The maximum absolute atomic E-state index is 6.44. The first-order chi connectivity index (χ1) is 23.3. The SMILES string of the molecule is c1ccc(-c2nc(-c3ccccc3)nc(-c3ccc(-c4cccc5oc6ccc7ccccc7c6c45)c(-c4ccccc4)c3)n2)cc1. The molecule has 0 saturated heterocycles. The van der Waals surface area contributed by atoms with Gasteiger partial charge in [-0.05, 0) is 51.2 Å². The Kier molecular flexibility index (Phi) is 6.43. The van der Waals surface area contributed by atoms with E-state index in [4.69, 9.17) is 19.4 Å². The Morgan fingerprint density at radius 2 is 0.915 bits per heavy atom. The molecule has 0 N–H and O–H groups in total. The zero-order valence-corrected chi connectivity index (χ0v) is 25.3. The monoisotopic (exact) mass is 601 g/mol. The second-order valence-corrected chi connectivity index (χ2v) is 11.6. The summed E-state index contributed by atoms with van der Waals surface area (Å²) in [5, 5.41) is 4.62. The second-order valence-electron chi connectivity index (χ2n) is 11.6. The Balaban J connectivity index is 1.30. The number of nitrogens with zero attached hydrogens (tertiary/aromatic N) is 3. The maximum Gasteiger partial charge on any atom is 0.164 e. The lowest BCUT2D eigenvalue weighted by atomic mass is 9.90. The molecule has 2 aromatic heterocycles. The molecule has 2 heterocycles. The first-order valence-electron chi connectivity index (χ1n) is 15.7. The average Bonchev–Trinajstić information content (AvgIpc) is 3.55. The highest BCUT2D eigenvalue weighted by atomic mass is 16.3. The number of fused-ring (bicyclic) bond motifs is 5. The van der Waals surface area contributed by atoms with Crippen molar-refractivity contribution in [3.8, 4) is 56.4 Å². The molecule has 0 radical (unpaired) electrons. The van der Waals surface area contributed by atoms with E-state index < -0.39 is 0 Å². The summed E-state index contributed by atoms with van der Waals surface area (Å²) < 4.78 is 6.44. The smallest absolute Gasteiger partial charge is 0.164 e. The van der Waals surface area contributed by atoms with Gasteiger partial charge >= 0.3 is 0 Å². The highest BCUT2D eigenvalue weighted by molar-refractivity contribution is 6.23. The molecule has 0 aliphatic heterocycles. The van der Waals surface area contributed by atoms with Crippen molar-refractivity contribution in [1.29, 1.82) is 0 Å². The Bertz CT molecular complexity index is 2500. The van der Waals surface area contributed by atoms with Crippen molar-refractivity contribution in [2.24, 2.45) is 0 Å². The molecule has 4 heteroatoms. The molecular weight excluding hydrogens is 574 g/mol. The van der Waals surface area contributed by atoms with Crippen LogP contribution in [0.25, 0.3) is 89.1 Å². The minimum atomic E-state index is 0.624. The van der Waals surface area contributed by atoms with Crippen LogP contribution < -0.4 is 0 Å². The van der Waals surface area contributed by atoms with Crippen LogP contribution in [0.2, 0.25) is 0 Å². The van der Waals surface area contributed by atoms with Crippen LogP contribution in [-0.2, 0) is 0 Å². The van der Waals surface area contributed by atoms with Gasteiger partial charge in [-0.25, -0.2) is 15.0 Å². The molecule has 0 fully saturated rings. The topological polar surface area (TPSA) is 51.8 Å². The van der Waals surface area contributed by atoms with Crippen molar-refractivity contribution in [1.82, 2.24) is 15.0 Å². The summed E-state index contributed by atoms with van der Waals surface area (Å²) in [6.07, 6.45) is 0. The Morgan fingerprint density at radius 1 is 0.340 bits per heavy atom. The number of hydrogen-bond acceptors (Lipinski definition) is 4. The van der Waals surface area contributed by atoms with Crippen LogP contribution in [0.15, 0.2) is 168 Å². The summed E-state index contributed by atoms with van der Waals surface area (Å²) >= 11 is 0. The normalized spacial score (nSPS) is 11.4. The fourth-order valence-corrected chi connectivity index (χ4v) is 6.52. The lowest BCUT2D eigenvalue weighted by Crippen LogP contribution is -2.00. The van der Waals surface area contributed by atoms with Crippen LogP contribution >= 0.6 is 0 Å². The van der Waals surface area contributed by atoms with Crippen molar-refractivity contribution in [2.75, 3.05) is 0 Å². The van der Waals surface area contributed by atoms with E-state index in [-0.39, 0.29) is 0 Å². The Morgan fingerprint density at radius 3 is 1.60 bits per heavy atom. The fourth-order valence-electron chi connectivity index (χ4n) is 6.52. The molecule has 0 aliphatic carbocycles. The first kappa shape index (κ1) is 27.0. The highest BCUT2D eigenvalue weighted by Crippen LogP contribution is 2.43. The van der Waals surface area contributed by atoms with E-state index in [1.165, 1.54) is 10.8 Å². The molecule has 4 nitrogen and oxygen atoms in total. The predicted octanol–water partition coefficient (Wildman–Crippen LogP) is 11.3. The number of benzene rings is 7. The van der Waals surface area contributed by atoms with Gasteiger partial charge < -0.3 is 4.42 Å². The standard InChI is InChI=1S/C43H27N3O/c1-4-13-28(14-5-1)36-27-32(43-45-41(30-16-6-2-7-17-30)44-42(46-43)31-18-8-3-9-19-31)23-25-34(36)35-21-12-22-37-40(35)39-33-20-11-10-15-29(33)24-26-38(39)47-37/h1-27H. The first-order valence-corrected chi connectivity index (χ1v) is 15.7. The Hall–Kier alpha value is -6.39. The summed E-state index contributed by atoms with van der Waals surface area (Å²) in [5.74, 6) is 1.90. The van der Waals surface area contributed by atoms with Crippen LogP contribution in [0.3, 0.4) is 0 Å². The van der Waals surface area contributed by atoms with Gasteiger partial charge in [-0.3, -0.25) is 0 Å². The lowest BCUT2D eigenvalue weighted by Gasteiger charge is -2.14. The summed E-state index contributed by atoms with van der Waals surface area (Å²) in [6, 6.07) is 56.3. The number of hydrogen-bond donors (Lipinski definition) is 0. The van der Waals surface area contributed by atoms with Crippen molar-refractivity contribution < 1.29 is 4.42 Å². The summed E-state index contributed by atoms with van der Waals surface area (Å²) in [6.45, 7) is 0. The molecule has 0 atom stereocenters. The molecule has 47 heavy (non-hydrogen) atoms. The highest BCUT2D eigenvalue weighted by Gasteiger charge is 2.19. The van der Waals surface area contributed by atoms with Gasteiger partial charge in [0, 0.05) is 27.5 Å². The molecule has 0 saturated carbocycles. The van der Waals surface area contributed by atoms with Crippen molar-refractivity contribution in [2.45, 2.75) is 0 Å². The van der Waals surface area contributed by atoms with Gasteiger partial charge in [0.2, 0.25) is 0 Å². The van der Waals surface area contributed by atoms with Gasteiger partial charge in [-0.1, -0.05) is 146 Å². The Labute approximate surface area is 271 Å². The van der Waals surface area contributed by atoms with Crippen LogP contribution in [0.1, 0.15) is 0 Å². The second kappa shape index (κ2) is 11.2. The van der Waals surface area contributed by atoms with Crippen LogP contribution in [-0.4, -0.2) is 15.0 Å². The molecule has 0 spiro atoms. The molecule has 0 aliphatic rings. The van der Waals surface area contributed by atoms with Gasteiger partial charge in [0.1, 0.15) is 11.2 Å². The quantitative estimate of drug-likeness (QED) is 0.197. The molecule has 0 bridgehead atoms. The molecule has 9 rings (SSSR count). The largest absolute Gasteiger partial charge is 0.456 e. The molecular formula is C43H27N3O. The van der Waals surface area contributed by atoms with Gasteiger partial charge in [-0.15, -0.1) is 0 Å². The number of aromatic nitrogens is 3. The molecule has 7 aromatic carbocycles. The van der Waals surface area contributed by atoms with E-state index in [9.17, 15) is 0 Å². The third-order valence-electron chi connectivity index (χ3n) is 8.74. The average molecular weight is 602 g/mol. The van der Waals surface area contributed by atoms with Crippen molar-refractivity contribution >= 4 is 32.7 Å². The van der Waals surface area contributed by atoms with E-state index >= 15 is 0 Å². The zero-order valence-electron chi connectivity index (χ0n) is 25.3. The number of rotatable bonds is 5. The predicted molar refractivity (Wildman–Crippen MR) is 192 cm³/mol. The van der Waals surface area contributed by atoms with Gasteiger partial charge in [0.05, 0.1) is 0 Å². The summed E-state index contributed by atoms with van der Waals surface area (Å²) in [5.41, 5.74) is 8.99. The van der Waals surface area contributed by atoms with E-state index in [2.05, 4.69) is 97.1 Å². The van der Waals surface area contributed by atoms with Gasteiger partial charge in [0.15, 0.2) is 17.5 Å². The van der Waals surface area contributed by atoms with Crippen LogP contribution in [0.4, 0.5) is 0 Å². The minimum absolute atomic E-state index is 0.624. The lowest BCUT2D eigenvalue weighted by molar-refractivity contribution is 0.669. The summed E-state index contributed by atoms with van der Waals surface area (Å²) in [7, 11) is 0. The van der Waals surface area contributed by atoms with Crippen molar-refractivity contribution in [3.05, 3.63) is 164 Å². The molecule has 9 aromatic rings. The zero-order chi connectivity index (χ0) is 31.2. The minimum Gasteiger partial charge on any atom is -0.456 e. The number of furan rings is 1. The molecule has 0 unspecified atom stereocenters. The van der Waals surface area contributed by atoms with Gasteiger partial charge in [-0.2, -0.15) is 0 Å². The fraction of sp³-hybridized carbons (Fsp3) is 0. The van der Waals surface area contributed by atoms with E-state index in [1.807, 2.05) is 66.7 Å². The third-order valence-corrected chi connectivity index (χ3v) is 8.74. The van der Waals surface area contributed by atoms with Crippen molar-refractivity contribution in [3.63, 3.8) is 0 Å². The van der Waals surface area contributed by atoms with Crippen LogP contribution in [0.5, 0.6) is 0 Å². The maximum atomic E-state index is 6.44. The third kappa shape index (κ3) is 4.75. The van der Waals surface area contributed by atoms with E-state index in [1.54, 1.807) is 0 Å². The molecule has 0 amide bonds. The van der Waals surface area contributed by atoms with Crippen LogP contribution in [0, 0.1) is 0 Å². The summed E-state index contributed by atoms with van der Waals surface area (Å²) in [4.78, 5) is 14.9. The van der Waals surface area contributed by atoms with Gasteiger partial charge in [0.25, 0.3) is 0 Å². The van der Waals surface area contributed by atoms with E-state index in [0.29, 0.717) is 17.5 Å². The molecule has 220 valence electrons.